The Bertz CT molecular complexity index is 1110. The largest absolute Gasteiger partial charge is 0.343 e. The maximum Gasteiger partial charge on any atom is 0.328 e. The van der Waals surface area contributed by atoms with Gasteiger partial charge in [-0.2, -0.15) is 0 Å². The van der Waals surface area contributed by atoms with Crippen LogP contribution in [0.5, 0.6) is 0 Å². The Hall–Kier alpha value is -2.68. The minimum atomic E-state index is -0.559. The molecule has 3 heterocycles. The molecule has 2 aromatic rings. The molecule has 3 fully saturated rings. The van der Waals surface area contributed by atoms with E-state index in [2.05, 4.69) is 47.2 Å². The van der Waals surface area contributed by atoms with E-state index < -0.39 is 24.1 Å². The summed E-state index contributed by atoms with van der Waals surface area (Å²) in [5.74, 6) is -0.866. The Morgan fingerprint density at radius 2 is 1.94 bits per heavy atom. The number of benzene rings is 2. The van der Waals surface area contributed by atoms with Crippen molar-refractivity contribution in [2.45, 2.75) is 45.3 Å². The molecule has 0 saturated carbocycles. The van der Waals surface area contributed by atoms with Gasteiger partial charge in [-0.1, -0.05) is 35.4 Å². The molecule has 3 saturated heterocycles. The molecule has 3 aliphatic rings. The van der Waals surface area contributed by atoms with E-state index in [9.17, 15) is 14.0 Å². The molecule has 3 atom stereocenters. The molecule has 3 amide bonds. The summed E-state index contributed by atoms with van der Waals surface area (Å²) in [7, 11) is 1.68. The summed E-state index contributed by atoms with van der Waals surface area (Å²) in [6, 6.07) is 9.67. The summed E-state index contributed by atoms with van der Waals surface area (Å²) in [6.45, 7) is 5.53. The Balaban J connectivity index is 1.46. The van der Waals surface area contributed by atoms with Crippen LogP contribution in [0.4, 0.5) is 14.9 Å². The lowest BCUT2D eigenvalue weighted by molar-refractivity contribution is -0.139. The first-order valence-corrected chi connectivity index (χ1v) is 11.5. The van der Waals surface area contributed by atoms with Crippen molar-refractivity contribution >= 4 is 29.2 Å². The SMILES string of the molecule is Cc1ccc(N2CCCN3C4C(=O)N(Cc5c(F)cccc5Cl)C(=O)N(C)C4NC23)c(C)c1. The number of rotatable bonds is 3. The summed E-state index contributed by atoms with van der Waals surface area (Å²) in [5.41, 5.74) is 3.62. The molecular formula is C24H27ClFN5O2. The molecule has 0 aliphatic carbocycles. The average Bonchev–Trinajstić information content (AvgIpc) is 3.17. The number of likely N-dealkylation sites (N-methyl/N-ethyl adjacent to an activating group) is 1. The van der Waals surface area contributed by atoms with E-state index in [0.717, 1.165) is 30.1 Å². The van der Waals surface area contributed by atoms with E-state index in [0.29, 0.717) is 0 Å². The van der Waals surface area contributed by atoms with Crippen LogP contribution in [-0.2, 0) is 11.3 Å². The fourth-order valence-corrected chi connectivity index (χ4v) is 5.50. The highest BCUT2D eigenvalue weighted by Crippen LogP contribution is 2.35. The van der Waals surface area contributed by atoms with Crippen LogP contribution in [0.3, 0.4) is 0 Å². The molecule has 3 aliphatic heterocycles. The average molecular weight is 472 g/mol. The first-order valence-electron chi connectivity index (χ1n) is 11.1. The number of nitrogens with zero attached hydrogens (tertiary/aromatic N) is 4. The van der Waals surface area contributed by atoms with Gasteiger partial charge in [0, 0.05) is 36.4 Å². The summed E-state index contributed by atoms with van der Waals surface area (Å²) in [5, 5.41) is 3.71. The van der Waals surface area contributed by atoms with E-state index in [1.807, 2.05) is 0 Å². The zero-order valence-corrected chi connectivity index (χ0v) is 19.6. The van der Waals surface area contributed by atoms with Crippen LogP contribution in [-0.4, -0.2) is 65.3 Å². The predicted octanol–water partition coefficient (Wildman–Crippen LogP) is 3.28. The minimum absolute atomic E-state index is 0.144. The molecule has 3 unspecified atom stereocenters. The van der Waals surface area contributed by atoms with Crippen molar-refractivity contribution in [3.63, 3.8) is 0 Å². The van der Waals surface area contributed by atoms with Crippen LogP contribution >= 0.6 is 11.6 Å². The predicted molar refractivity (Wildman–Crippen MR) is 124 cm³/mol. The van der Waals surface area contributed by atoms with Crippen molar-refractivity contribution in [1.82, 2.24) is 20.0 Å². The number of fused-ring (bicyclic) bond motifs is 3. The number of anilines is 1. The second kappa shape index (κ2) is 8.27. The summed E-state index contributed by atoms with van der Waals surface area (Å²) in [4.78, 5) is 33.8. The number of urea groups is 1. The summed E-state index contributed by atoms with van der Waals surface area (Å²) in [6.07, 6.45) is 0.207. The standard InChI is InChI=1S/C24H27ClFN5O2/c1-14-8-9-19(15(2)12-14)29-10-5-11-30-20-21(27-23(29)30)28(3)24(33)31(22(20)32)13-16-17(25)6-4-7-18(16)26/h4,6-9,12,20-21,23,27H,5,10-11,13H2,1-3H3. The van der Waals surface area contributed by atoms with E-state index in [1.54, 1.807) is 18.0 Å². The van der Waals surface area contributed by atoms with Gasteiger partial charge in [-0.3, -0.25) is 19.9 Å². The van der Waals surface area contributed by atoms with Crippen LogP contribution in [0.25, 0.3) is 0 Å². The molecule has 0 radical (unpaired) electrons. The highest BCUT2D eigenvalue weighted by atomic mass is 35.5. The third kappa shape index (κ3) is 3.57. The normalized spacial score (nSPS) is 25.5. The fraction of sp³-hybridized carbons (Fsp3) is 0.417. The van der Waals surface area contributed by atoms with Crippen molar-refractivity contribution in [1.29, 1.82) is 0 Å². The van der Waals surface area contributed by atoms with E-state index >= 15 is 0 Å². The van der Waals surface area contributed by atoms with E-state index in [-0.39, 0.29) is 29.3 Å². The lowest BCUT2D eigenvalue weighted by Crippen LogP contribution is -2.66. The van der Waals surface area contributed by atoms with Crippen molar-refractivity contribution in [3.05, 3.63) is 63.9 Å². The monoisotopic (exact) mass is 471 g/mol. The second-order valence-corrected chi connectivity index (χ2v) is 9.43. The molecule has 5 rings (SSSR count). The van der Waals surface area contributed by atoms with Gasteiger partial charge < -0.3 is 9.80 Å². The molecule has 1 N–H and O–H groups in total. The number of hydrogen-bond acceptors (Lipinski definition) is 5. The van der Waals surface area contributed by atoms with Gasteiger partial charge in [-0.15, -0.1) is 0 Å². The summed E-state index contributed by atoms with van der Waals surface area (Å²) >= 11 is 6.18. The molecular weight excluding hydrogens is 445 g/mol. The first kappa shape index (κ1) is 22.1. The number of imide groups is 1. The molecule has 0 aromatic heterocycles. The van der Waals surface area contributed by atoms with Gasteiger partial charge >= 0.3 is 6.03 Å². The van der Waals surface area contributed by atoms with Gasteiger partial charge in [0.1, 0.15) is 24.3 Å². The number of carbonyl (C=O) groups is 2. The van der Waals surface area contributed by atoms with E-state index in [4.69, 9.17) is 11.6 Å². The maximum atomic E-state index is 14.4. The molecule has 2 aromatic carbocycles. The smallest absolute Gasteiger partial charge is 0.328 e. The van der Waals surface area contributed by atoms with Crippen molar-refractivity contribution in [2.75, 3.05) is 25.0 Å². The van der Waals surface area contributed by atoms with Crippen LogP contribution in [0.15, 0.2) is 36.4 Å². The zero-order valence-electron chi connectivity index (χ0n) is 18.9. The minimum Gasteiger partial charge on any atom is -0.343 e. The van der Waals surface area contributed by atoms with E-state index in [1.165, 1.54) is 23.3 Å². The third-order valence-corrected chi connectivity index (χ3v) is 7.26. The van der Waals surface area contributed by atoms with Gasteiger partial charge in [-0.25, -0.2) is 9.18 Å². The lowest BCUT2D eigenvalue weighted by atomic mass is 10.1. The number of halogens is 2. The lowest BCUT2D eigenvalue weighted by Gasteiger charge is -2.44. The molecule has 9 heteroatoms. The zero-order chi connectivity index (χ0) is 23.4. The number of amides is 3. The Morgan fingerprint density at radius 3 is 2.67 bits per heavy atom. The van der Waals surface area contributed by atoms with Crippen LogP contribution in [0.1, 0.15) is 23.1 Å². The number of carbonyl (C=O) groups excluding carboxylic acids is 2. The molecule has 7 nitrogen and oxygen atoms in total. The molecule has 174 valence electrons. The van der Waals surface area contributed by atoms with Gasteiger partial charge in [0.05, 0.1) is 6.54 Å². The quantitative estimate of drug-likeness (QED) is 0.744. The van der Waals surface area contributed by atoms with Crippen molar-refractivity contribution in [3.8, 4) is 0 Å². The molecule has 0 spiro atoms. The van der Waals surface area contributed by atoms with Crippen LogP contribution in [0.2, 0.25) is 5.02 Å². The maximum absolute atomic E-state index is 14.4. The van der Waals surface area contributed by atoms with Gasteiger partial charge in [0.2, 0.25) is 0 Å². The van der Waals surface area contributed by atoms with Crippen LogP contribution in [0, 0.1) is 19.7 Å². The topological polar surface area (TPSA) is 59.1 Å². The summed E-state index contributed by atoms with van der Waals surface area (Å²) < 4.78 is 14.4. The number of aryl methyl sites for hydroxylation is 2. The van der Waals surface area contributed by atoms with Gasteiger partial charge in [0.25, 0.3) is 5.91 Å². The fourth-order valence-electron chi connectivity index (χ4n) is 5.28. The third-order valence-electron chi connectivity index (χ3n) is 6.91. The Labute approximate surface area is 197 Å². The highest BCUT2D eigenvalue weighted by molar-refractivity contribution is 6.31. The van der Waals surface area contributed by atoms with Crippen LogP contribution < -0.4 is 10.2 Å². The second-order valence-electron chi connectivity index (χ2n) is 9.02. The molecule has 33 heavy (non-hydrogen) atoms. The first-order chi connectivity index (χ1) is 15.8. The Morgan fingerprint density at radius 1 is 1.15 bits per heavy atom. The van der Waals surface area contributed by atoms with Crippen molar-refractivity contribution < 1.29 is 14.0 Å². The molecule has 0 bridgehead atoms. The number of nitrogens with one attached hydrogen (secondary N) is 1. The Kier molecular flexibility index (Phi) is 5.55. The number of hydrogen-bond donors (Lipinski definition) is 1. The van der Waals surface area contributed by atoms with Crippen molar-refractivity contribution in [2.24, 2.45) is 0 Å². The highest BCUT2D eigenvalue weighted by Gasteiger charge is 2.56. The van der Waals surface area contributed by atoms with Gasteiger partial charge in [-0.05, 0) is 44.0 Å². The van der Waals surface area contributed by atoms with Gasteiger partial charge in [0.15, 0.2) is 0 Å².